The van der Waals surface area contributed by atoms with Crippen LogP contribution in [0, 0.1) is 0 Å². The Morgan fingerprint density at radius 2 is 1.81 bits per heavy atom. The molecule has 1 fully saturated rings. The standard InChI is InChI=1S/C23H28N4O5/c1-31-19-5-3-17(15-20(19)32-2)10-14-27-22(29)18(26-23(27)30)4-6-21(28)25-13-9-16-7-11-24-12-8-16/h3,5,7-8,11-12,15,18H,4,6,9-10,13-14H2,1-2H3,(H,25,28)(H,26,30). The smallest absolute Gasteiger partial charge is 0.324 e. The van der Waals surface area contributed by atoms with Crippen molar-refractivity contribution in [1.29, 1.82) is 0 Å². The van der Waals surface area contributed by atoms with Crippen molar-refractivity contribution in [2.45, 2.75) is 31.7 Å². The van der Waals surface area contributed by atoms with Gasteiger partial charge in [-0.1, -0.05) is 6.07 Å². The maximum absolute atomic E-state index is 12.6. The molecule has 0 spiro atoms. The Morgan fingerprint density at radius 3 is 2.53 bits per heavy atom. The topological polar surface area (TPSA) is 110 Å². The summed E-state index contributed by atoms with van der Waals surface area (Å²) < 4.78 is 10.5. The van der Waals surface area contributed by atoms with Crippen molar-refractivity contribution in [3.63, 3.8) is 0 Å². The molecule has 1 saturated heterocycles. The first kappa shape index (κ1) is 23.1. The molecule has 1 aromatic heterocycles. The molecule has 2 heterocycles. The van der Waals surface area contributed by atoms with E-state index in [1.165, 1.54) is 4.90 Å². The largest absolute Gasteiger partial charge is 0.493 e. The Kier molecular flexibility index (Phi) is 8.02. The van der Waals surface area contributed by atoms with Crippen LogP contribution in [0.25, 0.3) is 0 Å². The lowest BCUT2D eigenvalue weighted by Gasteiger charge is -2.14. The molecule has 9 heteroatoms. The van der Waals surface area contributed by atoms with Gasteiger partial charge in [0.25, 0.3) is 5.91 Å². The van der Waals surface area contributed by atoms with Crippen molar-refractivity contribution in [2.75, 3.05) is 27.3 Å². The third-order valence-electron chi connectivity index (χ3n) is 5.32. The minimum atomic E-state index is -0.682. The molecule has 2 aromatic rings. The molecule has 3 rings (SSSR count). The molecule has 1 aliphatic heterocycles. The number of urea groups is 1. The summed E-state index contributed by atoms with van der Waals surface area (Å²) >= 11 is 0. The van der Waals surface area contributed by atoms with Gasteiger partial charge in [-0.15, -0.1) is 0 Å². The van der Waals surface area contributed by atoms with E-state index in [4.69, 9.17) is 9.47 Å². The van der Waals surface area contributed by atoms with Crippen LogP contribution >= 0.6 is 0 Å². The molecule has 1 aromatic carbocycles. The van der Waals surface area contributed by atoms with Gasteiger partial charge in [0.2, 0.25) is 5.91 Å². The van der Waals surface area contributed by atoms with E-state index in [0.29, 0.717) is 30.9 Å². The van der Waals surface area contributed by atoms with Crippen molar-refractivity contribution in [2.24, 2.45) is 0 Å². The highest BCUT2D eigenvalue weighted by Gasteiger charge is 2.37. The fourth-order valence-corrected chi connectivity index (χ4v) is 3.52. The fraction of sp³-hybridized carbons (Fsp3) is 0.391. The number of carbonyl (C=O) groups is 3. The number of imide groups is 1. The second kappa shape index (κ2) is 11.1. The first-order valence-corrected chi connectivity index (χ1v) is 10.5. The van der Waals surface area contributed by atoms with Gasteiger partial charge in [-0.3, -0.25) is 19.5 Å². The number of hydrogen-bond donors (Lipinski definition) is 2. The van der Waals surface area contributed by atoms with E-state index in [0.717, 1.165) is 11.1 Å². The third-order valence-corrected chi connectivity index (χ3v) is 5.32. The zero-order chi connectivity index (χ0) is 22.9. The number of nitrogens with one attached hydrogen (secondary N) is 2. The molecule has 0 aliphatic carbocycles. The van der Waals surface area contributed by atoms with E-state index in [9.17, 15) is 14.4 Å². The lowest BCUT2D eigenvalue weighted by molar-refractivity contribution is -0.127. The molecule has 2 N–H and O–H groups in total. The first-order valence-electron chi connectivity index (χ1n) is 10.5. The van der Waals surface area contributed by atoms with Crippen LogP contribution in [0.5, 0.6) is 11.5 Å². The van der Waals surface area contributed by atoms with E-state index < -0.39 is 12.1 Å². The summed E-state index contributed by atoms with van der Waals surface area (Å²) in [6, 6.07) is 8.16. The first-order chi connectivity index (χ1) is 15.5. The molecule has 170 valence electrons. The minimum absolute atomic E-state index is 0.148. The second-order valence-electron chi connectivity index (χ2n) is 7.43. The quantitative estimate of drug-likeness (QED) is 0.515. The van der Waals surface area contributed by atoms with Crippen molar-refractivity contribution < 1.29 is 23.9 Å². The minimum Gasteiger partial charge on any atom is -0.493 e. The molecule has 0 bridgehead atoms. The molecule has 0 radical (unpaired) electrons. The van der Waals surface area contributed by atoms with E-state index in [1.807, 2.05) is 24.3 Å². The van der Waals surface area contributed by atoms with Crippen LogP contribution in [0.2, 0.25) is 0 Å². The van der Waals surface area contributed by atoms with Crippen LogP contribution in [-0.4, -0.2) is 61.1 Å². The summed E-state index contributed by atoms with van der Waals surface area (Å²) in [4.78, 5) is 42.1. The zero-order valence-corrected chi connectivity index (χ0v) is 18.3. The Morgan fingerprint density at radius 1 is 1.06 bits per heavy atom. The molecule has 0 saturated carbocycles. The van der Waals surface area contributed by atoms with Gasteiger partial charge in [0.15, 0.2) is 11.5 Å². The monoisotopic (exact) mass is 440 g/mol. The van der Waals surface area contributed by atoms with Gasteiger partial charge in [-0.2, -0.15) is 0 Å². The average Bonchev–Trinajstić information content (AvgIpc) is 3.09. The highest BCUT2D eigenvalue weighted by atomic mass is 16.5. The number of benzene rings is 1. The van der Waals surface area contributed by atoms with Crippen LogP contribution in [0.1, 0.15) is 24.0 Å². The predicted molar refractivity (Wildman–Crippen MR) is 117 cm³/mol. The molecule has 1 atom stereocenters. The van der Waals surface area contributed by atoms with Gasteiger partial charge in [0, 0.05) is 31.9 Å². The Labute approximate surface area is 187 Å². The van der Waals surface area contributed by atoms with Crippen molar-refractivity contribution in [1.82, 2.24) is 20.5 Å². The maximum atomic E-state index is 12.6. The van der Waals surface area contributed by atoms with Crippen molar-refractivity contribution >= 4 is 17.8 Å². The highest BCUT2D eigenvalue weighted by Crippen LogP contribution is 2.28. The summed E-state index contributed by atoms with van der Waals surface area (Å²) in [5, 5.41) is 5.51. The van der Waals surface area contributed by atoms with E-state index in [-0.39, 0.29) is 31.2 Å². The zero-order valence-electron chi connectivity index (χ0n) is 18.3. The highest BCUT2D eigenvalue weighted by molar-refractivity contribution is 6.04. The summed E-state index contributed by atoms with van der Waals surface area (Å²) in [5.74, 6) is 0.755. The number of carbonyl (C=O) groups excluding carboxylic acids is 3. The Hall–Kier alpha value is -3.62. The predicted octanol–water partition coefficient (Wildman–Crippen LogP) is 1.70. The maximum Gasteiger partial charge on any atom is 0.324 e. The molecular formula is C23H28N4O5. The summed E-state index contributed by atoms with van der Waals surface area (Å²) in [6.45, 7) is 0.750. The molecule has 9 nitrogen and oxygen atoms in total. The van der Waals surface area contributed by atoms with Crippen LogP contribution in [0.15, 0.2) is 42.7 Å². The van der Waals surface area contributed by atoms with Crippen LogP contribution in [0.4, 0.5) is 4.79 Å². The lowest BCUT2D eigenvalue weighted by Crippen LogP contribution is -2.34. The second-order valence-corrected chi connectivity index (χ2v) is 7.43. The molecule has 4 amide bonds. The van der Waals surface area contributed by atoms with Gasteiger partial charge in [-0.05, 0) is 54.7 Å². The number of aromatic nitrogens is 1. The third kappa shape index (κ3) is 5.96. The summed E-state index contributed by atoms with van der Waals surface area (Å²) in [6.07, 6.45) is 5.04. The van der Waals surface area contributed by atoms with Crippen molar-refractivity contribution in [3.05, 3.63) is 53.9 Å². The van der Waals surface area contributed by atoms with E-state index in [2.05, 4.69) is 15.6 Å². The van der Waals surface area contributed by atoms with Gasteiger partial charge in [0.05, 0.1) is 14.2 Å². The van der Waals surface area contributed by atoms with Crippen molar-refractivity contribution in [3.8, 4) is 11.5 Å². The number of hydrogen-bond acceptors (Lipinski definition) is 6. The molecule has 1 unspecified atom stereocenters. The molecule has 1 aliphatic rings. The lowest BCUT2D eigenvalue weighted by atomic mass is 10.1. The van der Waals surface area contributed by atoms with E-state index in [1.54, 1.807) is 32.7 Å². The van der Waals surface area contributed by atoms with Gasteiger partial charge in [0.1, 0.15) is 6.04 Å². The SMILES string of the molecule is COc1ccc(CCN2C(=O)NC(CCC(=O)NCCc3ccncc3)C2=O)cc1OC. The number of nitrogens with zero attached hydrogens (tertiary/aromatic N) is 2. The summed E-state index contributed by atoms with van der Waals surface area (Å²) in [5.41, 5.74) is 2.00. The molecular weight excluding hydrogens is 412 g/mol. The summed E-state index contributed by atoms with van der Waals surface area (Å²) in [7, 11) is 3.12. The molecule has 32 heavy (non-hydrogen) atoms. The average molecular weight is 441 g/mol. The number of pyridine rings is 1. The fourth-order valence-electron chi connectivity index (χ4n) is 3.52. The number of methoxy groups -OCH3 is 2. The number of amides is 4. The van der Waals surface area contributed by atoms with Gasteiger partial charge in [-0.25, -0.2) is 4.79 Å². The Bertz CT molecular complexity index is 951. The Balaban J connectivity index is 1.43. The van der Waals surface area contributed by atoms with E-state index >= 15 is 0 Å². The number of ether oxygens (including phenoxy) is 2. The van der Waals surface area contributed by atoms with Crippen LogP contribution in [0.3, 0.4) is 0 Å². The normalized spacial score (nSPS) is 15.4. The van der Waals surface area contributed by atoms with Crippen LogP contribution < -0.4 is 20.1 Å². The van der Waals surface area contributed by atoms with Crippen LogP contribution in [-0.2, 0) is 22.4 Å². The van der Waals surface area contributed by atoms with Gasteiger partial charge >= 0.3 is 6.03 Å². The van der Waals surface area contributed by atoms with Gasteiger partial charge < -0.3 is 20.1 Å². The number of rotatable bonds is 11.